The number of carbonyl (C=O) groups is 1. The van der Waals surface area contributed by atoms with Crippen LogP contribution >= 0.6 is 12.4 Å². The van der Waals surface area contributed by atoms with Crippen molar-refractivity contribution in [3.05, 3.63) is 59.0 Å². The zero-order valence-electron chi connectivity index (χ0n) is 20.1. The van der Waals surface area contributed by atoms with E-state index >= 15 is 0 Å². The monoisotopic (exact) mass is 504 g/mol. The molecule has 4 rings (SSSR count). The van der Waals surface area contributed by atoms with E-state index in [2.05, 4.69) is 10.2 Å². The average molecular weight is 505 g/mol. The lowest BCUT2D eigenvalue weighted by Gasteiger charge is -2.33. The van der Waals surface area contributed by atoms with Gasteiger partial charge in [0, 0.05) is 20.1 Å². The SMILES string of the molecule is COc1ccc(OCC(O)CN2CCC(CNC(=O)n3c(=O)n(C)c4ccccc43)CC2)cc1.Cl. The molecule has 0 radical (unpaired) electrons. The fourth-order valence-electron chi connectivity index (χ4n) is 4.39. The van der Waals surface area contributed by atoms with Gasteiger partial charge < -0.3 is 24.8 Å². The van der Waals surface area contributed by atoms with E-state index in [9.17, 15) is 14.7 Å². The number of nitrogens with zero attached hydrogens (tertiary/aromatic N) is 3. The minimum absolute atomic E-state index is 0. The number of para-hydroxylation sites is 2. The van der Waals surface area contributed by atoms with Gasteiger partial charge in [-0.05, 0) is 68.2 Å². The Labute approximate surface area is 210 Å². The van der Waals surface area contributed by atoms with Crippen LogP contribution in [-0.2, 0) is 7.05 Å². The highest BCUT2D eigenvalue weighted by molar-refractivity contribution is 5.89. The first kappa shape index (κ1) is 26.6. The van der Waals surface area contributed by atoms with Gasteiger partial charge in [0.05, 0.1) is 18.1 Å². The van der Waals surface area contributed by atoms with E-state index in [1.54, 1.807) is 20.2 Å². The number of amides is 1. The van der Waals surface area contributed by atoms with Crippen LogP contribution < -0.4 is 20.5 Å². The molecular formula is C25H33ClN4O5. The normalized spacial score (nSPS) is 15.4. The third kappa shape index (κ3) is 6.36. The number of aryl methyl sites for hydroxylation is 1. The van der Waals surface area contributed by atoms with Crippen LogP contribution in [-0.4, -0.2) is 71.2 Å². The fraction of sp³-hybridized carbons (Fsp3) is 0.440. The van der Waals surface area contributed by atoms with E-state index < -0.39 is 12.1 Å². The number of halogens is 1. The summed E-state index contributed by atoms with van der Waals surface area (Å²) in [6, 6.07) is 14.2. The first-order chi connectivity index (χ1) is 16.5. The van der Waals surface area contributed by atoms with Crippen molar-refractivity contribution < 1.29 is 19.4 Å². The number of hydrogen-bond acceptors (Lipinski definition) is 6. The highest BCUT2D eigenvalue weighted by Gasteiger charge is 2.23. The predicted molar refractivity (Wildman–Crippen MR) is 137 cm³/mol. The van der Waals surface area contributed by atoms with Crippen LogP contribution in [0.4, 0.5) is 4.79 Å². The summed E-state index contributed by atoms with van der Waals surface area (Å²) < 4.78 is 13.5. The van der Waals surface area contributed by atoms with Crippen LogP contribution in [0.15, 0.2) is 53.3 Å². The van der Waals surface area contributed by atoms with Crippen molar-refractivity contribution in [2.75, 3.05) is 39.9 Å². The highest BCUT2D eigenvalue weighted by Crippen LogP contribution is 2.19. The second-order valence-corrected chi connectivity index (χ2v) is 8.74. The molecule has 1 aliphatic heterocycles. The predicted octanol–water partition coefficient (Wildman–Crippen LogP) is 2.48. The second kappa shape index (κ2) is 12.1. The number of rotatable bonds is 8. The van der Waals surface area contributed by atoms with Crippen LogP contribution in [0.5, 0.6) is 11.5 Å². The van der Waals surface area contributed by atoms with Gasteiger partial charge in [-0.3, -0.25) is 4.57 Å². The number of carbonyl (C=O) groups excluding carboxylic acids is 1. The number of aliphatic hydroxyl groups excluding tert-OH is 1. The first-order valence-corrected chi connectivity index (χ1v) is 11.6. The van der Waals surface area contributed by atoms with Crippen molar-refractivity contribution >= 4 is 29.5 Å². The Morgan fingerprint density at radius 2 is 1.71 bits per heavy atom. The Morgan fingerprint density at radius 3 is 2.37 bits per heavy atom. The van der Waals surface area contributed by atoms with Crippen molar-refractivity contribution in [3.63, 3.8) is 0 Å². The van der Waals surface area contributed by atoms with Gasteiger partial charge >= 0.3 is 11.7 Å². The Hall–Kier alpha value is -3.01. The lowest BCUT2D eigenvalue weighted by molar-refractivity contribution is 0.0552. The maximum atomic E-state index is 12.7. The quantitative estimate of drug-likeness (QED) is 0.489. The van der Waals surface area contributed by atoms with E-state index in [-0.39, 0.29) is 24.7 Å². The van der Waals surface area contributed by atoms with E-state index in [4.69, 9.17) is 9.47 Å². The van der Waals surface area contributed by atoms with Crippen molar-refractivity contribution in [2.45, 2.75) is 18.9 Å². The third-order valence-corrected chi connectivity index (χ3v) is 6.39. The Morgan fingerprint density at radius 1 is 1.09 bits per heavy atom. The molecule has 9 nitrogen and oxygen atoms in total. The Bertz CT molecular complexity index is 1170. The molecule has 1 amide bonds. The summed E-state index contributed by atoms with van der Waals surface area (Å²) in [5.41, 5.74) is 0.984. The number of ether oxygens (including phenoxy) is 2. The molecule has 2 heterocycles. The molecule has 1 saturated heterocycles. The topological polar surface area (TPSA) is 98.0 Å². The van der Waals surface area contributed by atoms with Crippen LogP contribution in [0.25, 0.3) is 11.0 Å². The maximum Gasteiger partial charge on any atom is 0.337 e. The van der Waals surface area contributed by atoms with Gasteiger partial charge in [0.15, 0.2) is 0 Å². The molecule has 2 aromatic carbocycles. The Balaban J connectivity index is 0.00000342. The lowest BCUT2D eigenvalue weighted by atomic mass is 9.96. The van der Waals surface area contributed by atoms with Crippen LogP contribution in [0.2, 0.25) is 0 Å². The number of β-amino-alcohol motifs (C(OH)–C–C–N with tert-alkyl or cyclic N) is 1. The molecule has 35 heavy (non-hydrogen) atoms. The number of likely N-dealkylation sites (tertiary alicyclic amines) is 1. The maximum absolute atomic E-state index is 12.7. The number of nitrogens with one attached hydrogen (secondary N) is 1. The average Bonchev–Trinajstić information content (AvgIpc) is 3.12. The fourth-order valence-corrected chi connectivity index (χ4v) is 4.39. The van der Waals surface area contributed by atoms with E-state index in [1.165, 1.54) is 9.13 Å². The number of imidazole rings is 1. The molecule has 1 aromatic heterocycles. The summed E-state index contributed by atoms with van der Waals surface area (Å²) in [5.74, 6) is 1.79. The molecule has 1 fully saturated rings. The van der Waals surface area contributed by atoms with Gasteiger partial charge in [-0.2, -0.15) is 0 Å². The standard InChI is InChI=1S/C25H32N4O5.ClH/c1-27-22-5-3-4-6-23(22)29(25(27)32)24(31)26-15-18-11-13-28(14-12-18)16-19(30)17-34-21-9-7-20(33-2)8-10-21;/h3-10,18-19,30H,11-17H2,1-2H3,(H,26,31);1H. The smallest absolute Gasteiger partial charge is 0.337 e. The third-order valence-electron chi connectivity index (χ3n) is 6.39. The van der Waals surface area contributed by atoms with Crippen molar-refractivity contribution in [1.82, 2.24) is 19.4 Å². The zero-order chi connectivity index (χ0) is 24.1. The summed E-state index contributed by atoms with van der Waals surface area (Å²) in [6.07, 6.45) is 1.24. The molecule has 1 aliphatic rings. The van der Waals surface area contributed by atoms with E-state index in [1.807, 2.05) is 42.5 Å². The van der Waals surface area contributed by atoms with Crippen LogP contribution in [0.1, 0.15) is 12.8 Å². The number of aromatic nitrogens is 2. The minimum Gasteiger partial charge on any atom is -0.497 e. The first-order valence-electron chi connectivity index (χ1n) is 11.6. The van der Waals surface area contributed by atoms with Gasteiger partial charge in [-0.15, -0.1) is 12.4 Å². The van der Waals surface area contributed by atoms with Crippen LogP contribution in [0.3, 0.4) is 0 Å². The molecule has 3 aromatic rings. The molecule has 0 aliphatic carbocycles. The number of fused-ring (bicyclic) bond motifs is 1. The molecule has 190 valence electrons. The summed E-state index contributed by atoms with van der Waals surface area (Å²) in [4.78, 5) is 27.5. The summed E-state index contributed by atoms with van der Waals surface area (Å²) in [5, 5.41) is 13.3. The van der Waals surface area contributed by atoms with E-state index in [0.29, 0.717) is 30.3 Å². The molecule has 1 atom stereocenters. The van der Waals surface area contributed by atoms with E-state index in [0.717, 1.165) is 37.2 Å². The molecule has 0 spiro atoms. The highest BCUT2D eigenvalue weighted by atomic mass is 35.5. The molecule has 1 unspecified atom stereocenters. The molecule has 0 saturated carbocycles. The number of benzene rings is 2. The molecular weight excluding hydrogens is 472 g/mol. The molecule has 0 bridgehead atoms. The van der Waals surface area contributed by atoms with Gasteiger partial charge in [0.25, 0.3) is 0 Å². The summed E-state index contributed by atoms with van der Waals surface area (Å²) >= 11 is 0. The van der Waals surface area contributed by atoms with Gasteiger partial charge in [-0.25, -0.2) is 14.2 Å². The summed E-state index contributed by atoms with van der Waals surface area (Å²) in [7, 11) is 3.28. The van der Waals surface area contributed by atoms with Gasteiger partial charge in [0.1, 0.15) is 24.2 Å². The minimum atomic E-state index is -0.586. The number of piperidine rings is 1. The van der Waals surface area contributed by atoms with Crippen molar-refractivity contribution in [1.29, 1.82) is 0 Å². The number of methoxy groups -OCH3 is 1. The zero-order valence-corrected chi connectivity index (χ0v) is 20.9. The number of hydrogen-bond donors (Lipinski definition) is 2. The van der Waals surface area contributed by atoms with Crippen molar-refractivity contribution in [3.8, 4) is 11.5 Å². The number of aliphatic hydroxyl groups is 1. The Kier molecular flexibility index (Phi) is 9.20. The largest absolute Gasteiger partial charge is 0.497 e. The van der Waals surface area contributed by atoms with Crippen LogP contribution in [0, 0.1) is 5.92 Å². The van der Waals surface area contributed by atoms with Gasteiger partial charge in [-0.1, -0.05) is 12.1 Å². The lowest BCUT2D eigenvalue weighted by Crippen LogP contribution is -2.44. The molecule has 10 heteroatoms. The molecule has 2 N–H and O–H groups in total. The van der Waals surface area contributed by atoms with Crippen molar-refractivity contribution in [2.24, 2.45) is 13.0 Å². The summed E-state index contributed by atoms with van der Waals surface area (Å²) in [6.45, 7) is 2.97. The second-order valence-electron chi connectivity index (χ2n) is 8.74. The van der Waals surface area contributed by atoms with Gasteiger partial charge in [0.2, 0.25) is 0 Å².